The van der Waals surface area contributed by atoms with Gasteiger partial charge in [-0.05, 0) is 72.5 Å². The van der Waals surface area contributed by atoms with E-state index in [0.717, 1.165) is 30.7 Å². The summed E-state index contributed by atoms with van der Waals surface area (Å²) in [7, 11) is -3.37. The normalized spacial score (nSPS) is 28.7. The van der Waals surface area contributed by atoms with E-state index in [-0.39, 0.29) is 23.7 Å². The van der Waals surface area contributed by atoms with Crippen LogP contribution in [0.5, 0.6) is 0 Å². The van der Waals surface area contributed by atoms with Gasteiger partial charge in [-0.15, -0.1) is 0 Å². The zero-order valence-corrected chi connectivity index (χ0v) is 18.4. The minimum atomic E-state index is -3.37. The number of rotatable bonds is 6. The van der Waals surface area contributed by atoms with Crippen molar-refractivity contribution in [1.82, 2.24) is 9.29 Å². The molecule has 8 heteroatoms. The quantitative estimate of drug-likeness (QED) is 0.707. The van der Waals surface area contributed by atoms with E-state index < -0.39 is 10.0 Å². The second-order valence-electron chi connectivity index (χ2n) is 7.83. The molecule has 2 aliphatic rings. The molecular formula is C19H29BrN2O4S. The summed E-state index contributed by atoms with van der Waals surface area (Å²) in [5.41, 5.74) is 0.800. The van der Waals surface area contributed by atoms with Gasteiger partial charge in [0.15, 0.2) is 0 Å². The lowest BCUT2D eigenvalue weighted by Crippen LogP contribution is -2.49. The summed E-state index contributed by atoms with van der Waals surface area (Å²) in [5.74, 6) is 0.790. The predicted octanol–water partition coefficient (Wildman–Crippen LogP) is 3.00. The fraction of sp³-hybridized carbons (Fsp3) is 0.737. The molecule has 0 amide bonds. The lowest BCUT2D eigenvalue weighted by atomic mass is 9.86. The van der Waals surface area contributed by atoms with Gasteiger partial charge in [0.1, 0.15) is 0 Å². The number of aryl methyl sites for hydroxylation is 1. The van der Waals surface area contributed by atoms with Gasteiger partial charge in [0.25, 0.3) is 5.56 Å². The van der Waals surface area contributed by atoms with Crippen molar-refractivity contribution >= 4 is 26.0 Å². The first kappa shape index (κ1) is 21.0. The van der Waals surface area contributed by atoms with Crippen LogP contribution >= 0.6 is 15.9 Å². The number of nitrogens with zero attached hydrogens (tertiary/aromatic N) is 1. The average Bonchev–Trinajstić information content (AvgIpc) is 2.63. The van der Waals surface area contributed by atoms with Crippen molar-refractivity contribution in [1.29, 1.82) is 0 Å². The van der Waals surface area contributed by atoms with E-state index in [4.69, 9.17) is 4.74 Å². The third-order valence-corrected chi connectivity index (χ3v) is 7.24. The first-order valence-electron chi connectivity index (χ1n) is 9.77. The standard InChI is InChI=1S/C19H29BrN2O4S/c1-3-13-4-8-15(9-5-13)26-12-18-17(21-27(2,24)25)11-7-14-6-10-16(20)19(23)22(14)18/h6,10,13,15,17-18,21H,3-5,7-9,11-12H2,1-2H3/t13?,15?,17-,18-/m0/s1. The van der Waals surface area contributed by atoms with Crippen LogP contribution in [0.25, 0.3) is 0 Å². The summed E-state index contributed by atoms with van der Waals surface area (Å²) in [4.78, 5) is 12.8. The zero-order chi connectivity index (χ0) is 19.6. The van der Waals surface area contributed by atoms with Gasteiger partial charge in [0.05, 0.1) is 29.5 Å². The van der Waals surface area contributed by atoms with E-state index in [9.17, 15) is 13.2 Å². The highest BCUT2D eigenvalue weighted by Gasteiger charge is 2.33. The third-order valence-electron chi connectivity index (χ3n) is 5.90. The lowest BCUT2D eigenvalue weighted by molar-refractivity contribution is -0.00694. The van der Waals surface area contributed by atoms with E-state index in [1.165, 1.54) is 19.3 Å². The molecule has 0 unspecified atom stereocenters. The molecular weight excluding hydrogens is 432 g/mol. The Morgan fingerprint density at radius 2 is 1.93 bits per heavy atom. The Morgan fingerprint density at radius 3 is 2.56 bits per heavy atom. The van der Waals surface area contributed by atoms with Crippen LogP contribution in [-0.2, 0) is 21.2 Å². The van der Waals surface area contributed by atoms with Gasteiger partial charge in [-0.25, -0.2) is 13.1 Å². The summed E-state index contributed by atoms with van der Waals surface area (Å²) in [6, 6.07) is 3.02. The summed E-state index contributed by atoms with van der Waals surface area (Å²) in [6.45, 7) is 2.58. The highest BCUT2D eigenvalue weighted by Crippen LogP contribution is 2.30. The van der Waals surface area contributed by atoms with Gasteiger partial charge in [0.2, 0.25) is 10.0 Å². The monoisotopic (exact) mass is 460 g/mol. The van der Waals surface area contributed by atoms with E-state index >= 15 is 0 Å². The Kier molecular flexibility index (Phi) is 6.82. The fourth-order valence-electron chi connectivity index (χ4n) is 4.35. The molecule has 2 heterocycles. The van der Waals surface area contributed by atoms with Gasteiger partial charge in [0, 0.05) is 11.7 Å². The van der Waals surface area contributed by atoms with Crippen molar-refractivity contribution in [2.45, 2.75) is 70.1 Å². The molecule has 1 aromatic rings. The molecule has 1 aliphatic heterocycles. The maximum atomic E-state index is 12.8. The Labute approximate surface area is 169 Å². The number of sulfonamides is 1. The van der Waals surface area contributed by atoms with Gasteiger partial charge in [-0.3, -0.25) is 4.79 Å². The van der Waals surface area contributed by atoms with Gasteiger partial charge < -0.3 is 9.30 Å². The molecule has 0 bridgehead atoms. The molecule has 6 nitrogen and oxygen atoms in total. The van der Waals surface area contributed by atoms with Crippen molar-refractivity contribution < 1.29 is 13.2 Å². The average molecular weight is 461 g/mol. The molecule has 27 heavy (non-hydrogen) atoms. The van der Waals surface area contributed by atoms with Crippen molar-refractivity contribution in [2.24, 2.45) is 5.92 Å². The van der Waals surface area contributed by atoms with Crippen molar-refractivity contribution in [3.63, 3.8) is 0 Å². The molecule has 1 fully saturated rings. The second kappa shape index (κ2) is 8.76. The molecule has 0 radical (unpaired) electrons. The number of aromatic nitrogens is 1. The first-order valence-corrected chi connectivity index (χ1v) is 12.5. The van der Waals surface area contributed by atoms with Crippen LogP contribution in [0.2, 0.25) is 0 Å². The van der Waals surface area contributed by atoms with E-state index in [0.29, 0.717) is 23.9 Å². The molecule has 0 saturated heterocycles. The Balaban J connectivity index is 1.80. The topological polar surface area (TPSA) is 77.4 Å². The molecule has 1 aliphatic carbocycles. The largest absolute Gasteiger partial charge is 0.376 e. The SMILES string of the molecule is CCC1CCC(OC[C@H]2[C@@H](NS(C)(=O)=O)CCc3ccc(Br)c(=O)n32)CC1. The summed E-state index contributed by atoms with van der Waals surface area (Å²) in [6.07, 6.45) is 8.32. The fourth-order valence-corrected chi connectivity index (χ4v) is 5.50. The molecule has 0 spiro atoms. The maximum absolute atomic E-state index is 12.8. The molecule has 0 aromatic carbocycles. The number of ether oxygens (including phenoxy) is 1. The zero-order valence-electron chi connectivity index (χ0n) is 16.0. The molecule has 152 valence electrons. The smallest absolute Gasteiger partial charge is 0.265 e. The Morgan fingerprint density at radius 1 is 1.22 bits per heavy atom. The summed E-state index contributed by atoms with van der Waals surface area (Å²) in [5, 5.41) is 0. The molecule has 1 N–H and O–H groups in total. The van der Waals surface area contributed by atoms with Gasteiger partial charge >= 0.3 is 0 Å². The number of hydrogen-bond acceptors (Lipinski definition) is 4. The van der Waals surface area contributed by atoms with Gasteiger partial charge in [-0.2, -0.15) is 0 Å². The number of halogens is 1. The summed E-state index contributed by atoms with van der Waals surface area (Å²) < 4.78 is 34.8. The van der Waals surface area contributed by atoms with Crippen LogP contribution in [0.15, 0.2) is 21.4 Å². The number of fused-ring (bicyclic) bond motifs is 1. The van der Waals surface area contributed by atoms with Crippen molar-refractivity contribution in [3.8, 4) is 0 Å². The van der Waals surface area contributed by atoms with Gasteiger partial charge in [-0.1, -0.05) is 13.3 Å². The maximum Gasteiger partial charge on any atom is 0.265 e. The third kappa shape index (κ3) is 5.22. The van der Waals surface area contributed by atoms with Crippen molar-refractivity contribution in [2.75, 3.05) is 12.9 Å². The summed E-state index contributed by atoms with van der Waals surface area (Å²) >= 11 is 3.31. The van der Waals surface area contributed by atoms with E-state index in [1.807, 2.05) is 6.07 Å². The second-order valence-corrected chi connectivity index (χ2v) is 10.5. The molecule has 1 aromatic heterocycles. The lowest BCUT2D eigenvalue weighted by Gasteiger charge is -2.37. The molecule has 1 saturated carbocycles. The minimum Gasteiger partial charge on any atom is -0.376 e. The highest BCUT2D eigenvalue weighted by atomic mass is 79.9. The van der Waals surface area contributed by atoms with Crippen LogP contribution in [0.3, 0.4) is 0 Å². The Hall–Kier alpha value is -0.700. The van der Waals surface area contributed by atoms with E-state index in [1.54, 1.807) is 10.6 Å². The van der Waals surface area contributed by atoms with Crippen LogP contribution < -0.4 is 10.3 Å². The van der Waals surface area contributed by atoms with Crippen LogP contribution in [-0.4, -0.2) is 38.0 Å². The first-order chi connectivity index (χ1) is 12.8. The van der Waals surface area contributed by atoms with Crippen molar-refractivity contribution in [3.05, 3.63) is 32.7 Å². The molecule has 3 rings (SSSR count). The van der Waals surface area contributed by atoms with E-state index in [2.05, 4.69) is 27.6 Å². The number of pyridine rings is 1. The Bertz CT molecular complexity index is 815. The minimum absolute atomic E-state index is 0.129. The molecule has 2 atom stereocenters. The van der Waals surface area contributed by atoms with Crippen LogP contribution in [0.1, 0.15) is 57.2 Å². The number of hydrogen-bond donors (Lipinski definition) is 1. The predicted molar refractivity (Wildman–Crippen MR) is 110 cm³/mol. The van der Waals surface area contributed by atoms with Crippen LogP contribution in [0.4, 0.5) is 0 Å². The van der Waals surface area contributed by atoms with Crippen LogP contribution in [0, 0.1) is 5.92 Å². The number of nitrogens with one attached hydrogen (secondary N) is 1. The highest BCUT2D eigenvalue weighted by molar-refractivity contribution is 9.10.